The molecule has 1 N–H and O–H groups in total. The van der Waals surface area contributed by atoms with E-state index in [1.54, 1.807) is 13.1 Å². The summed E-state index contributed by atoms with van der Waals surface area (Å²) in [5.74, 6) is 1.14. The molecule has 7 nitrogen and oxygen atoms in total. The van der Waals surface area contributed by atoms with Crippen LogP contribution < -0.4 is 5.32 Å². The first-order chi connectivity index (χ1) is 14.2. The van der Waals surface area contributed by atoms with Gasteiger partial charge in [0.25, 0.3) is 0 Å². The summed E-state index contributed by atoms with van der Waals surface area (Å²) < 4.78 is 19.3. The number of hydrogen-bond acceptors (Lipinski definition) is 4. The minimum Gasteiger partial charge on any atom is -0.378 e. The Morgan fingerprint density at radius 3 is 2.50 bits per heavy atom. The normalized spacial score (nSPS) is 24.9. The molecule has 9 heteroatoms. The number of benzene rings is 1. The minimum atomic E-state index is -0.129. The fourth-order valence-corrected chi connectivity index (χ4v) is 4.16. The second kappa shape index (κ2) is 10.7. The van der Waals surface area contributed by atoms with Crippen LogP contribution in [0, 0.1) is 5.82 Å². The fourth-order valence-electron chi connectivity index (χ4n) is 4.16. The van der Waals surface area contributed by atoms with Crippen LogP contribution in [0.3, 0.4) is 0 Å². The van der Waals surface area contributed by atoms with Gasteiger partial charge >= 0.3 is 0 Å². The van der Waals surface area contributed by atoms with Crippen LogP contribution in [0.4, 0.5) is 4.39 Å². The van der Waals surface area contributed by atoms with Crippen LogP contribution in [-0.2, 0) is 9.53 Å². The molecular weight excluding hydrogens is 500 g/mol. The zero-order valence-corrected chi connectivity index (χ0v) is 19.8. The van der Waals surface area contributed by atoms with Crippen LogP contribution in [-0.4, -0.2) is 98.7 Å². The Kier molecular flexibility index (Phi) is 8.29. The molecule has 0 spiro atoms. The predicted octanol–water partition coefficient (Wildman–Crippen LogP) is 1.35. The molecule has 1 aromatic rings. The van der Waals surface area contributed by atoms with Gasteiger partial charge in [-0.2, -0.15) is 0 Å². The SMILES string of the molecule is CN=C(NC1CC1c1ccccc1F)N1CCN(CC(=O)N2CCOCC2)CC1.I. The number of ether oxygens (including phenoxy) is 1. The zero-order valence-electron chi connectivity index (χ0n) is 17.4. The van der Waals surface area contributed by atoms with E-state index in [0.717, 1.165) is 44.1 Å². The monoisotopic (exact) mass is 531 g/mol. The third-order valence-corrected chi connectivity index (χ3v) is 6.02. The summed E-state index contributed by atoms with van der Waals surface area (Å²) in [6.45, 7) is 6.45. The maximum absolute atomic E-state index is 14.0. The van der Waals surface area contributed by atoms with E-state index in [2.05, 4.69) is 20.1 Å². The van der Waals surface area contributed by atoms with Crippen LogP contribution >= 0.6 is 24.0 Å². The standard InChI is InChI=1S/C21H30FN5O2.HI/c1-23-21(24-19-14-17(19)16-4-2-3-5-18(16)22)27-8-6-25(7-9-27)15-20(28)26-10-12-29-13-11-26;/h2-5,17,19H,6-15H2,1H3,(H,23,24);1H. The lowest BCUT2D eigenvalue weighted by Crippen LogP contribution is -2.55. The molecule has 2 aliphatic heterocycles. The number of halogens is 2. The highest BCUT2D eigenvalue weighted by atomic mass is 127. The first kappa shape index (κ1) is 23.2. The van der Waals surface area contributed by atoms with Crippen molar-refractivity contribution in [3.8, 4) is 0 Å². The molecular formula is C21H31FIN5O2. The van der Waals surface area contributed by atoms with E-state index in [-0.39, 0.29) is 47.7 Å². The van der Waals surface area contributed by atoms with Crippen molar-refractivity contribution in [1.82, 2.24) is 20.0 Å². The second-order valence-corrected chi connectivity index (χ2v) is 7.92. The maximum atomic E-state index is 14.0. The lowest BCUT2D eigenvalue weighted by atomic mass is 10.1. The summed E-state index contributed by atoms with van der Waals surface area (Å²) in [6.07, 6.45) is 0.925. The quantitative estimate of drug-likeness (QED) is 0.362. The molecule has 1 aliphatic carbocycles. The van der Waals surface area contributed by atoms with Gasteiger partial charge in [-0.1, -0.05) is 18.2 Å². The van der Waals surface area contributed by atoms with Crippen molar-refractivity contribution >= 4 is 35.8 Å². The highest BCUT2D eigenvalue weighted by Gasteiger charge is 2.41. The lowest BCUT2D eigenvalue weighted by Gasteiger charge is -2.37. The molecule has 166 valence electrons. The Balaban J connectivity index is 0.00000256. The third-order valence-electron chi connectivity index (χ3n) is 6.02. The van der Waals surface area contributed by atoms with Crippen molar-refractivity contribution in [3.63, 3.8) is 0 Å². The minimum absolute atomic E-state index is 0. The van der Waals surface area contributed by atoms with E-state index in [1.165, 1.54) is 6.07 Å². The van der Waals surface area contributed by atoms with Crippen LogP contribution in [0.15, 0.2) is 29.3 Å². The zero-order chi connectivity index (χ0) is 20.2. The summed E-state index contributed by atoms with van der Waals surface area (Å²) in [7, 11) is 1.79. The summed E-state index contributed by atoms with van der Waals surface area (Å²) >= 11 is 0. The molecule has 0 aromatic heterocycles. The number of morpholine rings is 1. The van der Waals surface area contributed by atoms with E-state index in [0.29, 0.717) is 32.8 Å². The van der Waals surface area contributed by atoms with E-state index in [9.17, 15) is 9.18 Å². The molecule has 0 radical (unpaired) electrons. The molecule has 1 aromatic carbocycles. The van der Waals surface area contributed by atoms with Gasteiger partial charge in [0, 0.05) is 58.3 Å². The van der Waals surface area contributed by atoms with Crippen LogP contribution in [0.25, 0.3) is 0 Å². The average molecular weight is 531 g/mol. The summed E-state index contributed by atoms with van der Waals surface area (Å²) in [6, 6.07) is 7.24. The van der Waals surface area contributed by atoms with Crippen LogP contribution in [0.5, 0.6) is 0 Å². The summed E-state index contributed by atoms with van der Waals surface area (Å²) in [5.41, 5.74) is 0.784. The second-order valence-electron chi connectivity index (χ2n) is 7.92. The predicted molar refractivity (Wildman–Crippen MR) is 125 cm³/mol. The number of guanidine groups is 1. The molecule has 30 heavy (non-hydrogen) atoms. The summed E-state index contributed by atoms with van der Waals surface area (Å²) in [4.78, 5) is 23.2. The van der Waals surface area contributed by atoms with Gasteiger partial charge in [-0.3, -0.25) is 14.7 Å². The highest BCUT2D eigenvalue weighted by Crippen LogP contribution is 2.41. The smallest absolute Gasteiger partial charge is 0.236 e. The number of amides is 1. The Hall–Kier alpha value is -1.46. The Bertz CT molecular complexity index is 751. The van der Waals surface area contributed by atoms with Gasteiger partial charge in [-0.05, 0) is 18.1 Å². The van der Waals surface area contributed by atoms with Gasteiger partial charge in [0.15, 0.2) is 5.96 Å². The van der Waals surface area contributed by atoms with Crippen LogP contribution in [0.2, 0.25) is 0 Å². The fraction of sp³-hybridized carbons (Fsp3) is 0.619. The molecule has 2 heterocycles. The molecule has 4 rings (SSSR count). The molecule has 3 fully saturated rings. The molecule has 3 aliphatic rings. The van der Waals surface area contributed by atoms with Gasteiger partial charge in [0.1, 0.15) is 5.82 Å². The van der Waals surface area contributed by atoms with Gasteiger partial charge in [-0.25, -0.2) is 4.39 Å². The van der Waals surface area contributed by atoms with Crippen molar-refractivity contribution in [3.05, 3.63) is 35.6 Å². The lowest BCUT2D eigenvalue weighted by molar-refractivity contribution is -0.136. The van der Waals surface area contributed by atoms with Crippen molar-refractivity contribution in [1.29, 1.82) is 0 Å². The Morgan fingerprint density at radius 1 is 1.13 bits per heavy atom. The highest BCUT2D eigenvalue weighted by molar-refractivity contribution is 14.0. The van der Waals surface area contributed by atoms with Crippen molar-refractivity contribution in [2.75, 3.05) is 66.1 Å². The van der Waals surface area contributed by atoms with Crippen molar-refractivity contribution in [2.24, 2.45) is 4.99 Å². The third kappa shape index (κ3) is 5.61. The number of nitrogens with zero attached hydrogens (tertiary/aromatic N) is 4. The number of nitrogens with one attached hydrogen (secondary N) is 1. The van der Waals surface area contributed by atoms with E-state index in [4.69, 9.17) is 4.74 Å². The topological polar surface area (TPSA) is 60.4 Å². The first-order valence-corrected chi connectivity index (χ1v) is 10.5. The molecule has 1 amide bonds. The number of rotatable bonds is 4. The maximum Gasteiger partial charge on any atom is 0.236 e. The van der Waals surface area contributed by atoms with Crippen molar-refractivity contribution in [2.45, 2.75) is 18.4 Å². The molecule has 1 saturated carbocycles. The molecule has 2 saturated heterocycles. The first-order valence-electron chi connectivity index (χ1n) is 10.5. The number of carbonyl (C=O) groups is 1. The molecule has 2 unspecified atom stereocenters. The van der Waals surface area contributed by atoms with E-state index < -0.39 is 0 Å². The average Bonchev–Trinajstić information content (AvgIpc) is 3.52. The van der Waals surface area contributed by atoms with Gasteiger partial charge in [0.2, 0.25) is 5.91 Å². The Morgan fingerprint density at radius 2 is 1.83 bits per heavy atom. The van der Waals surface area contributed by atoms with Crippen molar-refractivity contribution < 1.29 is 13.9 Å². The van der Waals surface area contributed by atoms with Gasteiger partial charge < -0.3 is 19.9 Å². The van der Waals surface area contributed by atoms with E-state index in [1.807, 2.05) is 17.0 Å². The van der Waals surface area contributed by atoms with Gasteiger partial charge in [0.05, 0.1) is 19.8 Å². The molecule has 2 atom stereocenters. The summed E-state index contributed by atoms with van der Waals surface area (Å²) in [5, 5.41) is 3.50. The number of piperazine rings is 1. The number of hydrogen-bond donors (Lipinski definition) is 1. The Labute approximate surface area is 194 Å². The van der Waals surface area contributed by atoms with Gasteiger partial charge in [-0.15, -0.1) is 24.0 Å². The molecule has 0 bridgehead atoms. The van der Waals surface area contributed by atoms with E-state index >= 15 is 0 Å². The number of carbonyl (C=O) groups excluding carboxylic acids is 1. The van der Waals surface area contributed by atoms with Crippen LogP contribution in [0.1, 0.15) is 17.9 Å². The largest absolute Gasteiger partial charge is 0.378 e. The number of aliphatic imine (C=N–C) groups is 1.